The van der Waals surface area contributed by atoms with Crippen LogP contribution in [0.15, 0.2) is 144 Å². The molecule has 0 saturated heterocycles. The molecule has 10 rings (SSSR count). The number of Topliss-reactive ketones (excluding diaryl/α,β-unsaturated/α-hetero) is 2. The first-order chi connectivity index (χ1) is 27.4. The number of benzene rings is 6. The summed E-state index contributed by atoms with van der Waals surface area (Å²) < 4.78 is 6.32. The van der Waals surface area contributed by atoms with Gasteiger partial charge in [-0.3, -0.25) is 24.0 Å². The van der Waals surface area contributed by atoms with E-state index in [2.05, 4.69) is 22.1 Å². The van der Waals surface area contributed by atoms with E-state index in [1.165, 1.54) is 24.3 Å². The summed E-state index contributed by atoms with van der Waals surface area (Å²) >= 11 is 0. The molecule has 2 aliphatic carbocycles. The number of imide groups is 1. The van der Waals surface area contributed by atoms with E-state index < -0.39 is 34.9 Å². The van der Waals surface area contributed by atoms with Crippen LogP contribution in [0, 0.1) is 0 Å². The molecule has 7 aromatic rings. The second kappa shape index (κ2) is 12.8. The van der Waals surface area contributed by atoms with Crippen LogP contribution in [-0.4, -0.2) is 33.3 Å². The lowest BCUT2D eigenvalue weighted by Gasteiger charge is -2.31. The summed E-state index contributed by atoms with van der Waals surface area (Å²) in [6.07, 6.45) is 6.97. The maximum atomic E-state index is 14.4. The number of hydrogen-bond donors (Lipinski definition) is 1. The Balaban J connectivity index is 1.03. The number of carbonyl (C=O) groups excluding carboxylic acids is 4. The molecule has 9 heteroatoms. The largest absolute Gasteiger partial charge is 0.487 e. The lowest BCUT2D eigenvalue weighted by Crippen LogP contribution is -2.41. The number of hydrogen-bond acceptors (Lipinski definition) is 7. The zero-order valence-electron chi connectivity index (χ0n) is 29.6. The Morgan fingerprint density at radius 1 is 0.661 bits per heavy atom. The molecule has 2 heterocycles. The summed E-state index contributed by atoms with van der Waals surface area (Å²) in [6, 6.07) is 35.9. The number of allylic oxidation sites excluding steroid dienone is 4. The Morgan fingerprint density at radius 3 is 1.98 bits per heavy atom. The molecule has 2 amide bonds. The first-order valence-corrected chi connectivity index (χ1v) is 18.2. The third-order valence-corrected chi connectivity index (χ3v) is 10.7. The molecular formula is C47H29N3O6. The van der Waals surface area contributed by atoms with Crippen molar-refractivity contribution in [2.24, 2.45) is 0 Å². The van der Waals surface area contributed by atoms with Gasteiger partial charge in [0, 0.05) is 33.0 Å². The fourth-order valence-electron chi connectivity index (χ4n) is 8.00. The molecule has 3 aliphatic rings. The zero-order valence-corrected chi connectivity index (χ0v) is 29.6. The van der Waals surface area contributed by atoms with Crippen LogP contribution in [0.2, 0.25) is 0 Å². The van der Waals surface area contributed by atoms with Crippen molar-refractivity contribution >= 4 is 56.3 Å². The molecule has 0 fully saturated rings. The third-order valence-electron chi connectivity index (χ3n) is 10.7. The van der Waals surface area contributed by atoms with E-state index in [1.54, 1.807) is 18.2 Å². The van der Waals surface area contributed by atoms with Gasteiger partial charge in [-0.05, 0) is 82.8 Å². The fraction of sp³-hybridized carbons (Fsp3) is 0.0638. The molecular weight excluding hydrogens is 703 g/mol. The van der Waals surface area contributed by atoms with Crippen molar-refractivity contribution in [3.05, 3.63) is 189 Å². The van der Waals surface area contributed by atoms with Crippen LogP contribution in [0.1, 0.15) is 70.7 Å². The molecule has 1 aromatic heterocycles. The van der Waals surface area contributed by atoms with Crippen molar-refractivity contribution < 1.29 is 23.9 Å². The van der Waals surface area contributed by atoms with Crippen molar-refractivity contribution in [3.8, 4) is 16.9 Å². The highest BCUT2D eigenvalue weighted by Gasteiger charge is 2.43. The van der Waals surface area contributed by atoms with Crippen LogP contribution in [-0.2, 0) is 6.61 Å². The molecule has 56 heavy (non-hydrogen) atoms. The monoisotopic (exact) mass is 731 g/mol. The van der Waals surface area contributed by atoms with E-state index in [1.807, 2.05) is 84.9 Å². The number of ether oxygens (including phenoxy) is 1. The van der Waals surface area contributed by atoms with Crippen LogP contribution in [0.4, 0.5) is 5.69 Å². The number of fused-ring (bicyclic) bond motifs is 1. The molecule has 9 nitrogen and oxygen atoms in total. The second-order valence-electron chi connectivity index (χ2n) is 14.0. The number of aromatic amines is 1. The summed E-state index contributed by atoms with van der Waals surface area (Å²) in [6.45, 7) is 0.207. The Kier molecular flexibility index (Phi) is 7.57. The van der Waals surface area contributed by atoms with Gasteiger partial charge in [0.2, 0.25) is 0 Å². The highest BCUT2D eigenvalue weighted by molar-refractivity contribution is 6.40. The lowest BCUT2D eigenvalue weighted by molar-refractivity contribution is 0.0842. The number of aromatic nitrogens is 2. The minimum atomic E-state index is -1.42. The van der Waals surface area contributed by atoms with Gasteiger partial charge in [-0.25, -0.2) is 9.88 Å². The third kappa shape index (κ3) is 5.16. The van der Waals surface area contributed by atoms with Crippen molar-refractivity contribution in [3.63, 3.8) is 0 Å². The van der Waals surface area contributed by atoms with Gasteiger partial charge in [-0.15, -0.1) is 0 Å². The quantitative estimate of drug-likeness (QED) is 0.129. The van der Waals surface area contributed by atoms with Gasteiger partial charge in [0.25, 0.3) is 17.4 Å². The predicted molar refractivity (Wildman–Crippen MR) is 213 cm³/mol. The molecule has 0 radical (unpaired) electrons. The van der Waals surface area contributed by atoms with Crippen LogP contribution in [0.3, 0.4) is 0 Å². The SMILES string of the molecule is O=C1c2ccc3c4c(ccc(c24)C(=O)C1c1nc2ccc(-c4ccccc4)cc2c(=O)[nH]1)C(=O)N(c1ccc(C2=CCC=C2)cc1OCc1ccccc1)C3=O. The molecule has 0 unspecified atom stereocenters. The molecule has 1 N–H and O–H groups in total. The van der Waals surface area contributed by atoms with Crippen LogP contribution < -0.4 is 15.2 Å². The first-order valence-electron chi connectivity index (χ1n) is 18.2. The van der Waals surface area contributed by atoms with Crippen LogP contribution in [0.25, 0.3) is 38.4 Å². The summed E-state index contributed by atoms with van der Waals surface area (Å²) in [5.74, 6) is -3.53. The number of carbonyl (C=O) groups is 4. The predicted octanol–water partition coefficient (Wildman–Crippen LogP) is 8.63. The van der Waals surface area contributed by atoms with Crippen molar-refractivity contribution in [2.75, 3.05) is 4.90 Å². The van der Waals surface area contributed by atoms with E-state index in [0.717, 1.165) is 39.1 Å². The van der Waals surface area contributed by atoms with Gasteiger partial charge in [0.1, 0.15) is 24.1 Å². The number of H-pyrrole nitrogens is 1. The van der Waals surface area contributed by atoms with Crippen LogP contribution >= 0.6 is 0 Å². The Bertz CT molecular complexity index is 2930. The molecule has 0 atom stereocenters. The van der Waals surface area contributed by atoms with Gasteiger partial charge in [0.05, 0.1) is 16.6 Å². The van der Waals surface area contributed by atoms with Crippen LogP contribution in [0.5, 0.6) is 5.75 Å². The maximum absolute atomic E-state index is 14.4. The summed E-state index contributed by atoms with van der Waals surface area (Å²) in [7, 11) is 0. The number of anilines is 1. The van der Waals surface area contributed by atoms with Gasteiger partial charge >= 0.3 is 0 Å². The van der Waals surface area contributed by atoms with E-state index in [4.69, 9.17) is 4.74 Å². The first kappa shape index (κ1) is 33.1. The van der Waals surface area contributed by atoms with E-state index in [9.17, 15) is 24.0 Å². The van der Waals surface area contributed by atoms with E-state index >= 15 is 0 Å². The topological polar surface area (TPSA) is 126 Å². The minimum absolute atomic E-state index is 0.0716. The summed E-state index contributed by atoms with van der Waals surface area (Å²) in [5, 5.41) is 0.797. The second-order valence-corrected chi connectivity index (χ2v) is 14.0. The van der Waals surface area contributed by atoms with Gasteiger partial charge in [-0.1, -0.05) is 91.0 Å². The van der Waals surface area contributed by atoms with Crippen molar-refractivity contribution in [2.45, 2.75) is 18.9 Å². The van der Waals surface area contributed by atoms with Gasteiger partial charge in [0.15, 0.2) is 11.6 Å². The summed E-state index contributed by atoms with van der Waals surface area (Å²) in [5.41, 5.74) is 5.36. The highest BCUT2D eigenvalue weighted by Crippen LogP contribution is 2.44. The Hall–Kier alpha value is -7.52. The van der Waals surface area contributed by atoms with E-state index in [0.29, 0.717) is 16.7 Å². The van der Waals surface area contributed by atoms with Crippen molar-refractivity contribution in [1.29, 1.82) is 0 Å². The fourth-order valence-corrected chi connectivity index (χ4v) is 8.00. The minimum Gasteiger partial charge on any atom is -0.487 e. The average Bonchev–Trinajstić information content (AvgIpc) is 3.78. The lowest BCUT2D eigenvalue weighted by atomic mass is 9.76. The average molecular weight is 732 g/mol. The molecule has 1 aliphatic heterocycles. The smallest absolute Gasteiger partial charge is 0.266 e. The van der Waals surface area contributed by atoms with Gasteiger partial charge in [-0.2, -0.15) is 0 Å². The molecule has 0 bridgehead atoms. The summed E-state index contributed by atoms with van der Waals surface area (Å²) in [4.78, 5) is 79.3. The number of ketones is 2. The normalized spacial score (nSPS) is 14.9. The molecule has 0 saturated carbocycles. The number of nitrogens with zero attached hydrogens (tertiary/aromatic N) is 2. The molecule has 0 spiro atoms. The highest BCUT2D eigenvalue weighted by atomic mass is 16.5. The molecule has 6 aromatic carbocycles. The number of amides is 2. The standard InChI is InChI=1S/C47H29N3O6/c51-42-31-17-19-33-40-34(47(55)50(46(33)54)37-22-16-30(28-13-7-8-14-28)24-38(37)56-25-26-9-3-1-4-10-26)20-18-32(39(31)40)43(52)41(42)44-48-36-21-15-29(23-35(36)45(53)49-44)27-11-5-2-6-12-27/h1-7,9-24,41H,8,25H2,(H,48,49,53). The van der Waals surface area contributed by atoms with E-state index in [-0.39, 0.29) is 51.1 Å². The Labute approximate surface area is 319 Å². The van der Waals surface area contributed by atoms with Gasteiger partial charge < -0.3 is 9.72 Å². The molecule has 268 valence electrons. The van der Waals surface area contributed by atoms with Crippen molar-refractivity contribution in [1.82, 2.24) is 9.97 Å². The Morgan fingerprint density at radius 2 is 1.30 bits per heavy atom. The zero-order chi connectivity index (χ0) is 38.1. The number of rotatable bonds is 7. The number of nitrogens with one attached hydrogen (secondary N) is 1. The maximum Gasteiger partial charge on any atom is 0.266 e.